The first-order valence-electron chi connectivity index (χ1n) is 7.10. The van der Waals surface area contributed by atoms with Gasteiger partial charge in [0.25, 0.3) is 0 Å². The Kier molecular flexibility index (Phi) is 5.89. The second kappa shape index (κ2) is 8.35. The smallest absolute Gasteiger partial charge is 0.407 e. The van der Waals surface area contributed by atoms with Crippen molar-refractivity contribution in [2.75, 3.05) is 6.54 Å². The van der Waals surface area contributed by atoms with Gasteiger partial charge < -0.3 is 20.3 Å². The Labute approximate surface area is 134 Å². The van der Waals surface area contributed by atoms with Gasteiger partial charge in [0, 0.05) is 18.5 Å². The van der Waals surface area contributed by atoms with Crippen molar-refractivity contribution in [2.24, 2.45) is 0 Å². The molecule has 118 valence electrons. The van der Waals surface area contributed by atoms with Gasteiger partial charge in [-0.3, -0.25) is 0 Å². The van der Waals surface area contributed by atoms with E-state index in [0.29, 0.717) is 18.5 Å². The number of ether oxygens (including phenoxy) is 1. The van der Waals surface area contributed by atoms with Crippen LogP contribution in [0.3, 0.4) is 0 Å². The zero-order valence-electron chi connectivity index (χ0n) is 12.5. The average Bonchev–Trinajstić information content (AvgIpc) is 2.57. The lowest BCUT2D eigenvalue weighted by molar-refractivity contribution is 0.140. The zero-order chi connectivity index (χ0) is 16.5. The molecule has 2 aromatic rings. The molecule has 5 heteroatoms. The van der Waals surface area contributed by atoms with E-state index in [1.165, 1.54) is 12.1 Å². The van der Waals surface area contributed by atoms with Crippen molar-refractivity contribution >= 4 is 6.09 Å². The molecule has 0 aliphatic heterocycles. The molecule has 23 heavy (non-hydrogen) atoms. The van der Waals surface area contributed by atoms with Gasteiger partial charge in [0.05, 0.1) is 0 Å². The number of nitrogens with one attached hydrogen (secondary N) is 1. The van der Waals surface area contributed by atoms with Crippen LogP contribution in [0.2, 0.25) is 0 Å². The summed E-state index contributed by atoms with van der Waals surface area (Å²) in [6.45, 7) is 0.593. The van der Waals surface area contributed by atoms with Gasteiger partial charge in [0.2, 0.25) is 0 Å². The first-order chi connectivity index (χ1) is 11.1. The number of phenols is 2. The molecule has 0 unspecified atom stereocenters. The maximum absolute atomic E-state index is 11.5. The highest BCUT2D eigenvalue weighted by Gasteiger charge is 2.01. The van der Waals surface area contributed by atoms with Crippen LogP contribution in [-0.2, 0) is 11.3 Å². The van der Waals surface area contributed by atoms with Crippen LogP contribution in [0.15, 0.2) is 48.5 Å². The summed E-state index contributed by atoms with van der Waals surface area (Å²) in [7, 11) is 0. The highest BCUT2D eigenvalue weighted by molar-refractivity contribution is 5.67. The molecule has 0 saturated carbocycles. The van der Waals surface area contributed by atoms with Crippen LogP contribution in [0.25, 0.3) is 0 Å². The first kappa shape index (κ1) is 16.2. The third-order valence-electron chi connectivity index (χ3n) is 2.94. The molecule has 0 aliphatic carbocycles. The highest BCUT2D eigenvalue weighted by atomic mass is 16.5. The monoisotopic (exact) mass is 311 g/mol. The van der Waals surface area contributed by atoms with Crippen molar-refractivity contribution in [3.05, 3.63) is 59.7 Å². The summed E-state index contributed by atoms with van der Waals surface area (Å²) in [5, 5.41) is 21.1. The Morgan fingerprint density at radius 3 is 2.61 bits per heavy atom. The molecule has 0 atom stereocenters. The number of amides is 1. The van der Waals surface area contributed by atoms with Gasteiger partial charge in [-0.25, -0.2) is 4.79 Å². The minimum Gasteiger partial charge on any atom is -0.504 e. The van der Waals surface area contributed by atoms with Gasteiger partial charge in [-0.1, -0.05) is 42.2 Å². The number of carbonyl (C=O) groups excluding carboxylic acids is 1. The summed E-state index contributed by atoms with van der Waals surface area (Å²) in [4.78, 5) is 11.5. The summed E-state index contributed by atoms with van der Waals surface area (Å²) in [5.41, 5.74) is 1.52. The van der Waals surface area contributed by atoms with Crippen molar-refractivity contribution in [3.8, 4) is 23.3 Å². The lowest BCUT2D eigenvalue weighted by Gasteiger charge is -2.05. The van der Waals surface area contributed by atoms with Gasteiger partial charge in [-0.15, -0.1) is 0 Å². The summed E-state index contributed by atoms with van der Waals surface area (Å²) in [6, 6.07) is 13.8. The maximum Gasteiger partial charge on any atom is 0.407 e. The van der Waals surface area contributed by atoms with Crippen molar-refractivity contribution in [1.82, 2.24) is 5.32 Å². The molecule has 2 rings (SSSR count). The van der Waals surface area contributed by atoms with E-state index in [2.05, 4.69) is 17.2 Å². The second-order valence-electron chi connectivity index (χ2n) is 4.74. The Hall–Kier alpha value is -3.13. The number of benzene rings is 2. The topological polar surface area (TPSA) is 78.8 Å². The predicted octanol–water partition coefficient (Wildman–Crippen LogP) is 2.77. The van der Waals surface area contributed by atoms with Crippen LogP contribution in [0.4, 0.5) is 4.79 Å². The molecule has 0 heterocycles. The fourth-order valence-corrected chi connectivity index (χ4v) is 1.77. The van der Waals surface area contributed by atoms with Gasteiger partial charge in [0.1, 0.15) is 6.61 Å². The van der Waals surface area contributed by atoms with Crippen LogP contribution >= 0.6 is 0 Å². The van der Waals surface area contributed by atoms with Crippen molar-refractivity contribution < 1.29 is 19.7 Å². The SMILES string of the molecule is O=C(NCCC#Cc1ccc(O)c(O)c1)OCc1ccccc1. The standard InChI is InChI=1S/C18H17NO4/c20-16-10-9-14(12-17(16)21)6-4-5-11-19-18(22)23-13-15-7-2-1-3-8-15/h1-3,7-10,12,20-21H,5,11,13H2,(H,19,22). The molecule has 0 aromatic heterocycles. The Bertz CT molecular complexity index is 717. The molecule has 0 saturated heterocycles. The average molecular weight is 311 g/mol. The van der Waals surface area contributed by atoms with E-state index in [1.807, 2.05) is 30.3 Å². The molecule has 5 nitrogen and oxygen atoms in total. The molecule has 0 aliphatic rings. The van der Waals surface area contributed by atoms with E-state index in [-0.39, 0.29) is 18.1 Å². The second-order valence-corrected chi connectivity index (χ2v) is 4.74. The number of aromatic hydroxyl groups is 2. The molecular formula is C18H17NO4. The lowest BCUT2D eigenvalue weighted by Crippen LogP contribution is -2.24. The van der Waals surface area contributed by atoms with Crippen LogP contribution in [0.1, 0.15) is 17.5 Å². The molecule has 1 amide bonds. The molecule has 2 aromatic carbocycles. The summed E-state index contributed by atoms with van der Waals surface area (Å²) in [5.74, 6) is 5.30. The van der Waals surface area contributed by atoms with Gasteiger partial charge >= 0.3 is 6.09 Å². The summed E-state index contributed by atoms with van der Waals surface area (Å²) >= 11 is 0. The minimum absolute atomic E-state index is 0.182. The lowest BCUT2D eigenvalue weighted by atomic mass is 10.2. The number of rotatable bonds is 4. The fourth-order valence-electron chi connectivity index (χ4n) is 1.77. The van der Waals surface area contributed by atoms with E-state index >= 15 is 0 Å². The van der Waals surface area contributed by atoms with Crippen LogP contribution in [0.5, 0.6) is 11.5 Å². The largest absolute Gasteiger partial charge is 0.504 e. The van der Waals surface area contributed by atoms with E-state index < -0.39 is 6.09 Å². The fraction of sp³-hybridized carbons (Fsp3) is 0.167. The quantitative estimate of drug-likeness (QED) is 0.461. The molecular weight excluding hydrogens is 294 g/mol. The zero-order valence-corrected chi connectivity index (χ0v) is 12.5. The van der Waals surface area contributed by atoms with Crippen molar-refractivity contribution in [3.63, 3.8) is 0 Å². The van der Waals surface area contributed by atoms with Crippen LogP contribution < -0.4 is 5.32 Å². The third-order valence-corrected chi connectivity index (χ3v) is 2.94. The maximum atomic E-state index is 11.5. The Morgan fingerprint density at radius 1 is 1.09 bits per heavy atom. The van der Waals surface area contributed by atoms with Gasteiger partial charge in [-0.05, 0) is 23.8 Å². The number of hydrogen-bond acceptors (Lipinski definition) is 4. The van der Waals surface area contributed by atoms with E-state index in [0.717, 1.165) is 5.56 Å². The molecule has 0 bridgehead atoms. The Balaban J connectivity index is 1.68. The predicted molar refractivity (Wildman–Crippen MR) is 85.9 cm³/mol. The van der Waals surface area contributed by atoms with E-state index in [1.54, 1.807) is 6.07 Å². The highest BCUT2D eigenvalue weighted by Crippen LogP contribution is 2.24. The first-order valence-corrected chi connectivity index (χ1v) is 7.10. The summed E-state index contributed by atoms with van der Waals surface area (Å²) in [6.07, 6.45) is -0.0415. The van der Waals surface area contributed by atoms with Crippen molar-refractivity contribution in [2.45, 2.75) is 13.0 Å². The minimum atomic E-state index is -0.488. The molecule has 3 N–H and O–H groups in total. The van der Waals surface area contributed by atoms with Gasteiger partial charge in [0.15, 0.2) is 11.5 Å². The molecule has 0 spiro atoms. The number of alkyl carbamates (subject to hydrolysis) is 1. The van der Waals surface area contributed by atoms with E-state index in [9.17, 15) is 15.0 Å². The number of hydrogen-bond donors (Lipinski definition) is 3. The van der Waals surface area contributed by atoms with Crippen LogP contribution in [0, 0.1) is 11.8 Å². The number of phenolic OH excluding ortho intramolecular Hbond substituents is 2. The van der Waals surface area contributed by atoms with Gasteiger partial charge in [-0.2, -0.15) is 0 Å². The normalized spacial score (nSPS) is 9.57. The van der Waals surface area contributed by atoms with Crippen LogP contribution in [-0.4, -0.2) is 22.9 Å². The summed E-state index contributed by atoms with van der Waals surface area (Å²) < 4.78 is 5.06. The molecule has 0 fully saturated rings. The Morgan fingerprint density at radius 2 is 1.87 bits per heavy atom. The van der Waals surface area contributed by atoms with Crippen molar-refractivity contribution in [1.29, 1.82) is 0 Å². The third kappa shape index (κ3) is 5.64. The number of carbonyl (C=O) groups is 1. The van der Waals surface area contributed by atoms with E-state index in [4.69, 9.17) is 4.74 Å². The molecule has 0 radical (unpaired) electrons.